The highest BCUT2D eigenvalue weighted by Gasteiger charge is 2.16. The normalized spacial score (nSPS) is 11.0. The van der Waals surface area contributed by atoms with Crippen LogP contribution in [0.1, 0.15) is 30.1 Å². The maximum Gasteiger partial charge on any atom is 0.321 e. The van der Waals surface area contributed by atoms with E-state index >= 15 is 0 Å². The number of urea groups is 1. The average Bonchev–Trinajstić information content (AvgIpc) is 2.70. The van der Waals surface area contributed by atoms with E-state index in [0.29, 0.717) is 5.82 Å². The van der Waals surface area contributed by atoms with Crippen LogP contribution in [-0.4, -0.2) is 33.7 Å². The minimum absolute atomic E-state index is 0.0176. The number of carbonyl (C=O) groups excluding carboxylic acids is 2. The van der Waals surface area contributed by atoms with Crippen LogP contribution >= 0.6 is 23.1 Å². The van der Waals surface area contributed by atoms with Gasteiger partial charge in [-0.3, -0.25) is 10.1 Å². The number of aromatic nitrogens is 2. The minimum atomic E-state index is -0.475. The molecule has 2 aromatic heterocycles. The van der Waals surface area contributed by atoms with Crippen LogP contribution in [0.5, 0.6) is 0 Å². The van der Waals surface area contributed by atoms with E-state index in [-0.39, 0.29) is 17.7 Å². The van der Waals surface area contributed by atoms with Gasteiger partial charge in [-0.05, 0) is 40.2 Å². The molecule has 0 aliphatic heterocycles. The second-order valence-electron chi connectivity index (χ2n) is 5.50. The first-order valence-corrected chi connectivity index (χ1v) is 9.05. The minimum Gasteiger partial charge on any atom is -0.336 e. The monoisotopic (exact) mass is 352 g/mol. The van der Waals surface area contributed by atoms with Crippen molar-refractivity contribution < 1.29 is 9.59 Å². The molecule has 2 aromatic rings. The van der Waals surface area contributed by atoms with Crippen molar-refractivity contribution in [2.24, 2.45) is 0 Å². The summed E-state index contributed by atoms with van der Waals surface area (Å²) in [7, 11) is 0. The van der Waals surface area contributed by atoms with Gasteiger partial charge in [-0.2, -0.15) is 0 Å². The first-order chi connectivity index (χ1) is 10.8. The SMILES string of the molecule is Cc1nc(SCC(=O)NC(=O)NC(C)C)c2c(C)c(C)sc2n1. The fraction of sp³-hybridized carbons (Fsp3) is 0.467. The number of aryl methyl sites for hydroxylation is 3. The summed E-state index contributed by atoms with van der Waals surface area (Å²) in [5, 5.41) is 6.72. The molecule has 0 radical (unpaired) electrons. The summed E-state index contributed by atoms with van der Waals surface area (Å²) >= 11 is 2.95. The third-order valence-electron chi connectivity index (χ3n) is 3.12. The first-order valence-electron chi connectivity index (χ1n) is 7.25. The quantitative estimate of drug-likeness (QED) is 0.653. The lowest BCUT2D eigenvalue weighted by molar-refractivity contribution is -0.117. The Morgan fingerprint density at radius 3 is 2.57 bits per heavy atom. The molecule has 2 heterocycles. The molecule has 0 aliphatic carbocycles. The van der Waals surface area contributed by atoms with Crippen LogP contribution in [0.25, 0.3) is 10.2 Å². The summed E-state index contributed by atoms with van der Waals surface area (Å²) in [6, 6.07) is -0.492. The van der Waals surface area contributed by atoms with E-state index in [2.05, 4.69) is 27.5 Å². The zero-order valence-electron chi connectivity index (χ0n) is 13.8. The van der Waals surface area contributed by atoms with Gasteiger partial charge in [-0.25, -0.2) is 14.8 Å². The first kappa shape index (κ1) is 17.7. The number of hydrogen-bond acceptors (Lipinski definition) is 6. The molecule has 0 aromatic carbocycles. The van der Waals surface area contributed by atoms with Crippen LogP contribution in [0.4, 0.5) is 4.79 Å². The van der Waals surface area contributed by atoms with E-state index in [1.807, 2.05) is 27.7 Å². The highest BCUT2D eigenvalue weighted by Crippen LogP contribution is 2.34. The van der Waals surface area contributed by atoms with Crippen molar-refractivity contribution in [3.8, 4) is 0 Å². The van der Waals surface area contributed by atoms with Crippen molar-refractivity contribution in [2.45, 2.75) is 45.7 Å². The molecule has 0 atom stereocenters. The third kappa shape index (κ3) is 4.42. The van der Waals surface area contributed by atoms with Gasteiger partial charge in [-0.1, -0.05) is 11.8 Å². The molecule has 124 valence electrons. The summed E-state index contributed by atoms with van der Waals surface area (Å²) in [5.74, 6) is 0.465. The molecule has 3 amide bonds. The van der Waals surface area contributed by atoms with Crippen molar-refractivity contribution in [1.82, 2.24) is 20.6 Å². The Morgan fingerprint density at radius 2 is 1.91 bits per heavy atom. The number of fused-ring (bicyclic) bond motifs is 1. The largest absolute Gasteiger partial charge is 0.336 e. The summed E-state index contributed by atoms with van der Waals surface area (Å²) in [6.45, 7) is 9.59. The Kier molecular flexibility index (Phi) is 5.59. The van der Waals surface area contributed by atoms with Crippen LogP contribution in [0, 0.1) is 20.8 Å². The van der Waals surface area contributed by atoms with Crippen LogP contribution in [0.15, 0.2) is 5.03 Å². The predicted molar refractivity (Wildman–Crippen MR) is 94.2 cm³/mol. The van der Waals surface area contributed by atoms with E-state index in [0.717, 1.165) is 20.8 Å². The topological polar surface area (TPSA) is 84.0 Å². The average molecular weight is 352 g/mol. The molecule has 0 saturated carbocycles. The second-order valence-corrected chi connectivity index (χ2v) is 7.67. The maximum atomic E-state index is 11.9. The van der Waals surface area contributed by atoms with E-state index in [9.17, 15) is 9.59 Å². The molecular weight excluding hydrogens is 332 g/mol. The Hall–Kier alpha value is -1.67. The molecule has 8 heteroatoms. The third-order valence-corrected chi connectivity index (χ3v) is 5.20. The Morgan fingerprint density at radius 1 is 1.22 bits per heavy atom. The molecule has 0 fully saturated rings. The standard InChI is InChI=1S/C15H20N4O2S2/c1-7(2)16-15(21)19-11(20)6-22-13-12-8(3)9(4)23-14(12)18-10(5)17-13/h7H,6H2,1-5H3,(H2,16,19,20,21). The smallest absolute Gasteiger partial charge is 0.321 e. The molecule has 23 heavy (non-hydrogen) atoms. The second kappa shape index (κ2) is 7.27. The van der Waals surface area contributed by atoms with Gasteiger partial charge in [0, 0.05) is 16.3 Å². The molecule has 0 unspecified atom stereocenters. The summed E-state index contributed by atoms with van der Waals surface area (Å²) in [5.41, 5.74) is 1.14. The van der Waals surface area contributed by atoms with Gasteiger partial charge in [0.1, 0.15) is 15.7 Å². The number of rotatable bonds is 4. The number of carbonyl (C=O) groups is 2. The molecule has 6 nitrogen and oxygen atoms in total. The molecule has 0 bridgehead atoms. The summed E-state index contributed by atoms with van der Waals surface area (Å²) < 4.78 is 0. The lowest BCUT2D eigenvalue weighted by Gasteiger charge is -2.09. The van der Waals surface area contributed by atoms with Gasteiger partial charge >= 0.3 is 6.03 Å². The van der Waals surface area contributed by atoms with Gasteiger partial charge < -0.3 is 5.32 Å². The zero-order chi connectivity index (χ0) is 17.1. The van der Waals surface area contributed by atoms with Gasteiger partial charge in [-0.15, -0.1) is 11.3 Å². The van der Waals surface area contributed by atoms with E-state index < -0.39 is 6.03 Å². The van der Waals surface area contributed by atoms with Crippen molar-refractivity contribution in [1.29, 1.82) is 0 Å². The van der Waals surface area contributed by atoms with Crippen LogP contribution in [0.2, 0.25) is 0 Å². The van der Waals surface area contributed by atoms with E-state index in [4.69, 9.17) is 0 Å². The van der Waals surface area contributed by atoms with Gasteiger partial charge in [0.15, 0.2) is 0 Å². The van der Waals surface area contributed by atoms with Crippen LogP contribution < -0.4 is 10.6 Å². The van der Waals surface area contributed by atoms with Crippen LogP contribution in [0.3, 0.4) is 0 Å². The van der Waals surface area contributed by atoms with Gasteiger partial charge in [0.05, 0.1) is 5.75 Å². The number of amides is 3. The lowest BCUT2D eigenvalue weighted by atomic mass is 10.2. The number of hydrogen-bond donors (Lipinski definition) is 2. The Labute approximate surface area is 143 Å². The highest BCUT2D eigenvalue weighted by atomic mass is 32.2. The lowest BCUT2D eigenvalue weighted by Crippen LogP contribution is -2.43. The van der Waals surface area contributed by atoms with Gasteiger partial charge in [0.2, 0.25) is 5.91 Å². The number of imide groups is 1. The summed E-state index contributed by atoms with van der Waals surface area (Å²) in [6.07, 6.45) is 0. The number of thioether (sulfide) groups is 1. The number of nitrogens with one attached hydrogen (secondary N) is 2. The Balaban J connectivity index is 2.10. The highest BCUT2D eigenvalue weighted by molar-refractivity contribution is 8.00. The van der Waals surface area contributed by atoms with E-state index in [1.54, 1.807) is 11.3 Å². The predicted octanol–water partition coefficient (Wildman–Crippen LogP) is 2.94. The number of thiophene rings is 1. The Bertz CT molecular complexity index is 756. The van der Waals surface area contributed by atoms with Gasteiger partial charge in [0.25, 0.3) is 0 Å². The summed E-state index contributed by atoms with van der Waals surface area (Å²) in [4.78, 5) is 34.5. The zero-order valence-corrected chi connectivity index (χ0v) is 15.4. The van der Waals surface area contributed by atoms with Crippen molar-refractivity contribution >= 4 is 45.3 Å². The van der Waals surface area contributed by atoms with E-state index in [1.165, 1.54) is 16.6 Å². The molecule has 0 spiro atoms. The fourth-order valence-corrected chi connectivity index (χ4v) is 4.08. The molecule has 0 aliphatic rings. The maximum absolute atomic E-state index is 11.9. The van der Waals surface area contributed by atoms with Crippen molar-refractivity contribution in [2.75, 3.05) is 5.75 Å². The molecule has 0 saturated heterocycles. The fourth-order valence-electron chi connectivity index (χ4n) is 2.01. The van der Waals surface area contributed by atoms with Crippen LogP contribution in [-0.2, 0) is 4.79 Å². The molecule has 2 N–H and O–H groups in total. The molecule has 2 rings (SSSR count). The number of nitrogens with zero attached hydrogens (tertiary/aromatic N) is 2. The van der Waals surface area contributed by atoms with Crippen molar-refractivity contribution in [3.05, 3.63) is 16.3 Å². The van der Waals surface area contributed by atoms with Crippen molar-refractivity contribution in [3.63, 3.8) is 0 Å². The molecular formula is C15H20N4O2S2.